The van der Waals surface area contributed by atoms with Gasteiger partial charge in [-0.05, 0) is 19.5 Å². The van der Waals surface area contributed by atoms with E-state index in [0.717, 1.165) is 6.42 Å². The van der Waals surface area contributed by atoms with Gasteiger partial charge in [0.05, 0.1) is 6.61 Å². The summed E-state index contributed by atoms with van der Waals surface area (Å²) < 4.78 is 11.0. The molecule has 0 N–H and O–H groups in total. The Morgan fingerprint density at radius 3 is 2.47 bits per heavy atom. The lowest BCUT2D eigenvalue weighted by Crippen LogP contribution is -2.38. The van der Waals surface area contributed by atoms with Crippen LogP contribution in [0.25, 0.3) is 0 Å². The number of rotatable bonds is 8. The van der Waals surface area contributed by atoms with Gasteiger partial charge in [-0.15, -0.1) is 0 Å². The van der Waals surface area contributed by atoms with Gasteiger partial charge in [-0.2, -0.15) is 0 Å². The van der Waals surface area contributed by atoms with Gasteiger partial charge in [0.2, 0.25) is 8.32 Å². The van der Waals surface area contributed by atoms with E-state index in [9.17, 15) is 4.79 Å². The van der Waals surface area contributed by atoms with Crippen LogP contribution in [0, 0.1) is 0 Å². The number of hydrogen-bond acceptors (Lipinski definition) is 3. The highest BCUT2D eigenvalue weighted by Gasteiger charge is 2.31. The van der Waals surface area contributed by atoms with E-state index in [0.29, 0.717) is 11.8 Å². The lowest BCUT2D eigenvalue weighted by molar-refractivity contribution is -0.138. The highest BCUT2D eigenvalue weighted by molar-refractivity contribution is 6.85. The molecule has 0 aromatic rings. The second kappa shape index (κ2) is 8.02. The molecule has 0 aliphatic heterocycles. The first-order valence-corrected chi connectivity index (χ1v) is 14.3. The van der Waals surface area contributed by atoms with Gasteiger partial charge in [-0.3, -0.25) is 0 Å². The number of hydrogen-bond donors (Lipinski definition) is 0. The van der Waals surface area contributed by atoms with Crippen LogP contribution in [0.5, 0.6) is 0 Å². The molecule has 6 heteroatoms. The van der Waals surface area contributed by atoms with E-state index in [4.69, 9.17) is 8.85 Å². The molecule has 3 nitrogen and oxygen atoms in total. The van der Waals surface area contributed by atoms with Crippen molar-refractivity contribution < 1.29 is 13.6 Å². The van der Waals surface area contributed by atoms with Gasteiger partial charge < -0.3 is 8.85 Å². The predicted molar refractivity (Wildman–Crippen MR) is 81.4 cm³/mol. The van der Waals surface area contributed by atoms with Gasteiger partial charge in [-0.1, -0.05) is 32.3 Å². The van der Waals surface area contributed by atoms with Crippen molar-refractivity contribution in [1.29, 1.82) is 0 Å². The molecule has 0 heterocycles. The monoisotopic (exact) mass is 290 g/mol. The van der Waals surface area contributed by atoms with Gasteiger partial charge >= 0.3 is 5.97 Å². The van der Waals surface area contributed by atoms with E-state index in [1.165, 1.54) is 6.04 Å². The van der Waals surface area contributed by atoms with Crippen LogP contribution in [-0.4, -0.2) is 39.5 Å². The van der Waals surface area contributed by atoms with Crippen molar-refractivity contribution in [3.63, 3.8) is 0 Å². The van der Waals surface area contributed by atoms with E-state index >= 15 is 0 Å². The number of carbonyl (C=O) groups is 1. The maximum absolute atomic E-state index is 11.8. The van der Waals surface area contributed by atoms with Crippen LogP contribution in [0.1, 0.15) is 6.42 Å². The molecule has 0 aliphatic carbocycles. The highest BCUT2D eigenvalue weighted by Crippen LogP contribution is 2.15. The Morgan fingerprint density at radius 2 is 2.00 bits per heavy atom. The van der Waals surface area contributed by atoms with E-state index in [2.05, 4.69) is 26.2 Å². The molecule has 0 atom stereocenters. The Kier molecular flexibility index (Phi) is 7.93. The number of ether oxygens (including phenoxy) is 1. The summed E-state index contributed by atoms with van der Waals surface area (Å²) in [5.41, 5.74) is 0. The van der Waals surface area contributed by atoms with E-state index in [1.807, 2.05) is 13.1 Å². The first kappa shape index (κ1) is 16.8. The summed E-state index contributed by atoms with van der Waals surface area (Å²) in [5.74, 6) is -0.255. The molecule has 0 spiro atoms. The van der Waals surface area contributed by atoms with Crippen LogP contribution in [0.2, 0.25) is 38.8 Å². The second-order valence-electron chi connectivity index (χ2n) is 5.09. The first-order chi connectivity index (χ1) is 7.81. The van der Waals surface area contributed by atoms with Crippen molar-refractivity contribution in [2.75, 3.05) is 6.61 Å². The quantitative estimate of drug-likeness (QED) is 0.296. The smallest absolute Gasteiger partial charge is 0.331 e. The van der Waals surface area contributed by atoms with Crippen LogP contribution >= 0.6 is 0 Å². The van der Waals surface area contributed by atoms with E-state index in [1.54, 1.807) is 0 Å². The average molecular weight is 291 g/mol. The molecule has 0 aromatic carbocycles. The van der Waals surface area contributed by atoms with Crippen LogP contribution in [0.15, 0.2) is 11.8 Å². The summed E-state index contributed by atoms with van der Waals surface area (Å²) in [6.07, 6.45) is 0.980. The van der Waals surface area contributed by atoms with Gasteiger partial charge in [0.15, 0.2) is 0 Å². The molecule has 100 valence electrons. The molecule has 17 heavy (non-hydrogen) atoms. The zero-order chi connectivity index (χ0) is 13.5. The van der Waals surface area contributed by atoms with Crippen LogP contribution in [0.4, 0.5) is 0 Å². The molecule has 0 aliphatic rings. The van der Waals surface area contributed by atoms with Gasteiger partial charge in [0.25, 0.3) is 0 Å². The minimum atomic E-state index is -2.05. The molecule has 0 amide bonds. The Bertz CT molecular complexity index is 265. The average Bonchev–Trinajstić information content (AvgIpc) is 2.22. The molecule has 0 radical (unpaired) electrons. The minimum absolute atomic E-state index is 0.255. The molecule has 0 unspecified atom stereocenters. The topological polar surface area (TPSA) is 35.5 Å². The SMILES string of the molecule is C=C(C(=O)OCCC[SiH](C)C)[Si](C)(C)O[SiH2]C. The van der Waals surface area contributed by atoms with Crippen molar-refractivity contribution in [3.8, 4) is 0 Å². The summed E-state index contributed by atoms with van der Waals surface area (Å²) in [5, 5.41) is 0.564. The summed E-state index contributed by atoms with van der Waals surface area (Å²) in [7, 11) is -3.08. The third-order valence-electron chi connectivity index (χ3n) is 2.64. The molecule has 0 aromatic heterocycles. The van der Waals surface area contributed by atoms with Gasteiger partial charge in [0, 0.05) is 14.0 Å². The third-order valence-corrected chi connectivity index (χ3v) is 9.90. The fourth-order valence-electron chi connectivity index (χ4n) is 1.44. The van der Waals surface area contributed by atoms with Gasteiger partial charge in [0.1, 0.15) is 9.76 Å². The van der Waals surface area contributed by atoms with E-state index < -0.39 is 26.9 Å². The molecule has 0 bridgehead atoms. The van der Waals surface area contributed by atoms with Crippen molar-refractivity contribution in [1.82, 2.24) is 0 Å². The van der Waals surface area contributed by atoms with Crippen LogP contribution in [0.3, 0.4) is 0 Å². The first-order valence-electron chi connectivity index (χ1n) is 6.31. The third kappa shape index (κ3) is 6.97. The Hall–Kier alpha value is -0.179. The lowest BCUT2D eigenvalue weighted by atomic mass is 10.5. The van der Waals surface area contributed by atoms with Crippen molar-refractivity contribution in [2.24, 2.45) is 0 Å². The van der Waals surface area contributed by atoms with Crippen molar-refractivity contribution >= 4 is 32.8 Å². The van der Waals surface area contributed by atoms with Crippen LogP contribution < -0.4 is 0 Å². The summed E-state index contributed by atoms with van der Waals surface area (Å²) >= 11 is 0. The maximum Gasteiger partial charge on any atom is 0.331 e. The number of esters is 1. The Morgan fingerprint density at radius 1 is 1.41 bits per heavy atom. The summed E-state index contributed by atoms with van der Waals surface area (Å²) in [6.45, 7) is 15.1. The summed E-state index contributed by atoms with van der Waals surface area (Å²) in [6, 6.07) is 1.22. The molecule has 0 saturated carbocycles. The molecular weight excluding hydrogens is 264 g/mol. The normalized spacial score (nSPS) is 12.4. The van der Waals surface area contributed by atoms with Gasteiger partial charge in [-0.25, -0.2) is 4.79 Å². The standard InChI is InChI=1S/C11H26O3Si3/c1-10(17(5,6)14-15-2)11(12)13-8-7-9-16(3)4/h16H,1,7-9,15H2,2-6H3. The van der Waals surface area contributed by atoms with E-state index in [-0.39, 0.29) is 5.97 Å². The maximum atomic E-state index is 11.8. The molecule has 0 rings (SSSR count). The van der Waals surface area contributed by atoms with Crippen LogP contribution in [-0.2, 0) is 13.6 Å². The fourth-order valence-corrected chi connectivity index (χ4v) is 6.57. The summed E-state index contributed by atoms with van der Waals surface area (Å²) in [4.78, 5) is 11.8. The zero-order valence-electron chi connectivity index (χ0n) is 11.8. The second-order valence-corrected chi connectivity index (χ2v) is 13.8. The molecule has 0 saturated heterocycles. The fraction of sp³-hybridized carbons (Fsp3) is 0.727. The zero-order valence-corrected chi connectivity index (χ0v) is 15.4. The van der Waals surface area contributed by atoms with Crippen molar-refractivity contribution in [2.45, 2.75) is 45.2 Å². The number of carbonyl (C=O) groups excluding carboxylic acids is 1. The largest absolute Gasteiger partial charge is 0.463 e. The Balaban J connectivity index is 4.02. The molecular formula is C11H26O3Si3. The lowest BCUT2D eigenvalue weighted by Gasteiger charge is -2.23. The predicted octanol–water partition coefficient (Wildman–Crippen LogP) is 1.86. The Labute approximate surface area is 110 Å². The highest BCUT2D eigenvalue weighted by atomic mass is 28.4. The minimum Gasteiger partial charge on any atom is -0.463 e. The molecule has 0 fully saturated rings. The van der Waals surface area contributed by atoms with Crippen molar-refractivity contribution in [3.05, 3.63) is 11.8 Å².